The van der Waals surface area contributed by atoms with Crippen LogP contribution in [0.4, 0.5) is 0 Å². The van der Waals surface area contributed by atoms with E-state index in [1.54, 1.807) is 0 Å². The molecule has 86 valence electrons. The molecule has 0 spiro atoms. The summed E-state index contributed by atoms with van der Waals surface area (Å²) in [7, 11) is 0. The number of fused-ring (bicyclic) bond motifs is 2. The van der Waals surface area contributed by atoms with E-state index in [-0.39, 0.29) is 24.8 Å². The third-order valence-electron chi connectivity index (χ3n) is 3.34. The Kier molecular flexibility index (Phi) is 3.23. The van der Waals surface area contributed by atoms with Gasteiger partial charge in [0, 0.05) is 12.1 Å². The number of carbonyl (C=O) groups is 1. The third-order valence-corrected chi connectivity index (χ3v) is 3.34. The van der Waals surface area contributed by atoms with Crippen molar-refractivity contribution in [2.24, 2.45) is 0 Å². The van der Waals surface area contributed by atoms with E-state index >= 15 is 0 Å². The monoisotopic (exact) mass is 215 g/mol. The van der Waals surface area contributed by atoms with Gasteiger partial charge in [-0.2, -0.15) is 5.06 Å². The van der Waals surface area contributed by atoms with E-state index in [1.165, 1.54) is 5.06 Å². The maximum atomic E-state index is 10.4. The van der Waals surface area contributed by atoms with Crippen LogP contribution in [0.1, 0.15) is 32.1 Å². The van der Waals surface area contributed by atoms with Crippen molar-refractivity contribution in [3.05, 3.63) is 0 Å². The van der Waals surface area contributed by atoms with Gasteiger partial charge in [0.05, 0.1) is 6.10 Å². The minimum atomic E-state index is -0.924. The summed E-state index contributed by atoms with van der Waals surface area (Å²) in [5, 5.41) is 19.7. The van der Waals surface area contributed by atoms with Crippen LogP contribution in [0.3, 0.4) is 0 Å². The summed E-state index contributed by atoms with van der Waals surface area (Å²) in [5.41, 5.74) is 0. The first kappa shape index (κ1) is 10.9. The Morgan fingerprint density at radius 2 is 1.93 bits per heavy atom. The lowest BCUT2D eigenvalue weighted by atomic mass is 9.85. The fourth-order valence-corrected chi connectivity index (χ4v) is 2.63. The summed E-state index contributed by atoms with van der Waals surface area (Å²) >= 11 is 0. The number of piperidine rings is 2. The maximum Gasteiger partial charge on any atom is 0.329 e. The smallest absolute Gasteiger partial charge is 0.329 e. The zero-order valence-corrected chi connectivity index (χ0v) is 8.63. The Labute approximate surface area is 88.6 Å². The molecular formula is C10H17NO4. The Hall–Kier alpha value is -0.650. The average Bonchev–Trinajstić information content (AvgIpc) is 2.15. The van der Waals surface area contributed by atoms with Gasteiger partial charge in [-0.05, 0) is 25.7 Å². The lowest BCUT2D eigenvalue weighted by molar-refractivity contribution is -0.215. The van der Waals surface area contributed by atoms with E-state index in [2.05, 4.69) is 0 Å². The molecule has 0 radical (unpaired) electrons. The molecule has 2 fully saturated rings. The summed E-state index contributed by atoms with van der Waals surface area (Å²) in [6, 6.07) is 0.326. The summed E-state index contributed by atoms with van der Waals surface area (Å²) in [5.74, 6) is -0.924. The highest BCUT2D eigenvalue weighted by Crippen LogP contribution is 2.33. The topological polar surface area (TPSA) is 70.0 Å². The molecule has 0 saturated carbocycles. The number of ether oxygens (including phenoxy) is 1. The van der Waals surface area contributed by atoms with Gasteiger partial charge in [0.1, 0.15) is 6.61 Å². The molecule has 5 nitrogen and oxygen atoms in total. The molecule has 2 bridgehead atoms. The molecule has 2 unspecified atom stereocenters. The highest BCUT2D eigenvalue weighted by molar-refractivity contribution is 5.68. The van der Waals surface area contributed by atoms with Gasteiger partial charge in [-0.25, -0.2) is 4.79 Å². The quantitative estimate of drug-likeness (QED) is 0.730. The van der Waals surface area contributed by atoms with Crippen LogP contribution in [0.5, 0.6) is 0 Å². The van der Waals surface area contributed by atoms with Crippen LogP contribution >= 0.6 is 0 Å². The van der Waals surface area contributed by atoms with Crippen LogP contribution in [0, 0.1) is 0 Å². The highest BCUT2D eigenvalue weighted by Gasteiger charge is 2.38. The number of hydroxylamine groups is 2. The molecule has 2 heterocycles. The van der Waals surface area contributed by atoms with E-state index < -0.39 is 5.97 Å². The molecule has 0 aromatic heterocycles. The molecule has 0 aromatic rings. The van der Waals surface area contributed by atoms with Gasteiger partial charge >= 0.3 is 5.97 Å². The van der Waals surface area contributed by atoms with Crippen molar-refractivity contribution in [3.63, 3.8) is 0 Å². The molecule has 2 rings (SSSR count). The van der Waals surface area contributed by atoms with Gasteiger partial charge in [-0.3, -0.25) is 0 Å². The molecule has 0 amide bonds. The van der Waals surface area contributed by atoms with Crippen molar-refractivity contribution in [1.82, 2.24) is 5.06 Å². The second-order valence-corrected chi connectivity index (χ2v) is 4.42. The second-order valence-electron chi connectivity index (χ2n) is 4.42. The number of rotatable bonds is 3. The maximum absolute atomic E-state index is 10.4. The first-order chi connectivity index (χ1) is 7.16. The van der Waals surface area contributed by atoms with E-state index in [0.29, 0.717) is 0 Å². The van der Waals surface area contributed by atoms with Crippen LogP contribution in [0.15, 0.2) is 0 Å². The predicted molar refractivity (Wildman–Crippen MR) is 51.7 cm³/mol. The van der Waals surface area contributed by atoms with Crippen molar-refractivity contribution >= 4 is 5.97 Å². The van der Waals surface area contributed by atoms with Crippen LogP contribution < -0.4 is 0 Å². The molecule has 0 aliphatic carbocycles. The molecular weight excluding hydrogens is 198 g/mol. The van der Waals surface area contributed by atoms with Crippen molar-refractivity contribution < 1.29 is 19.8 Å². The lowest BCUT2D eigenvalue weighted by Gasteiger charge is -2.44. The Morgan fingerprint density at radius 3 is 2.47 bits per heavy atom. The fraction of sp³-hybridized carbons (Fsp3) is 0.900. The molecule has 2 aliphatic heterocycles. The first-order valence-electron chi connectivity index (χ1n) is 5.47. The van der Waals surface area contributed by atoms with E-state index in [0.717, 1.165) is 32.1 Å². The number of carboxylic acid groups (broad SMARTS) is 1. The van der Waals surface area contributed by atoms with E-state index in [1.807, 2.05) is 0 Å². The number of aliphatic carboxylic acids is 1. The Morgan fingerprint density at radius 1 is 1.33 bits per heavy atom. The van der Waals surface area contributed by atoms with Crippen LogP contribution in [0.2, 0.25) is 0 Å². The van der Waals surface area contributed by atoms with Crippen molar-refractivity contribution in [3.8, 4) is 0 Å². The lowest BCUT2D eigenvalue weighted by Crippen LogP contribution is -2.52. The SMILES string of the molecule is O=C(O)COC1CC2CCCC(C1)N2O. The molecule has 2 N–H and O–H groups in total. The van der Waals surface area contributed by atoms with Gasteiger partial charge in [0.2, 0.25) is 0 Å². The highest BCUT2D eigenvalue weighted by atomic mass is 16.5. The van der Waals surface area contributed by atoms with Crippen LogP contribution in [0.25, 0.3) is 0 Å². The average molecular weight is 215 g/mol. The van der Waals surface area contributed by atoms with Gasteiger partial charge in [-0.15, -0.1) is 0 Å². The minimum absolute atomic E-state index is 0.000185. The summed E-state index contributed by atoms with van der Waals surface area (Å²) < 4.78 is 5.29. The summed E-state index contributed by atoms with van der Waals surface area (Å²) in [4.78, 5) is 10.4. The van der Waals surface area contributed by atoms with Gasteiger partial charge in [0.15, 0.2) is 0 Å². The van der Waals surface area contributed by atoms with Gasteiger partial charge in [-0.1, -0.05) is 6.42 Å². The third kappa shape index (κ3) is 2.48. The van der Waals surface area contributed by atoms with Gasteiger partial charge in [0.25, 0.3) is 0 Å². The largest absolute Gasteiger partial charge is 0.480 e. The zero-order valence-electron chi connectivity index (χ0n) is 8.63. The Balaban J connectivity index is 1.87. The normalized spacial score (nSPS) is 36.5. The second kappa shape index (κ2) is 4.47. The standard InChI is InChI=1S/C10H17NO4/c12-10(13)6-15-9-4-7-2-1-3-8(5-9)11(7)14/h7-9,14H,1-6H2,(H,12,13). The van der Waals surface area contributed by atoms with Crippen LogP contribution in [-0.2, 0) is 9.53 Å². The molecule has 2 atom stereocenters. The number of carboxylic acids is 1. The Bertz CT molecular complexity index is 232. The molecule has 2 saturated heterocycles. The molecule has 2 aliphatic rings. The van der Waals surface area contributed by atoms with Crippen molar-refractivity contribution in [1.29, 1.82) is 0 Å². The van der Waals surface area contributed by atoms with Gasteiger partial charge < -0.3 is 15.1 Å². The first-order valence-corrected chi connectivity index (χ1v) is 5.47. The van der Waals surface area contributed by atoms with Crippen molar-refractivity contribution in [2.45, 2.75) is 50.3 Å². The fourth-order valence-electron chi connectivity index (χ4n) is 2.63. The van der Waals surface area contributed by atoms with Crippen LogP contribution in [-0.4, -0.2) is 46.1 Å². The predicted octanol–water partition coefficient (Wildman–Crippen LogP) is 0.862. The number of nitrogens with zero attached hydrogens (tertiary/aromatic N) is 1. The van der Waals surface area contributed by atoms with E-state index in [4.69, 9.17) is 9.84 Å². The minimum Gasteiger partial charge on any atom is -0.480 e. The van der Waals surface area contributed by atoms with Crippen molar-refractivity contribution in [2.75, 3.05) is 6.61 Å². The molecule has 15 heavy (non-hydrogen) atoms. The number of hydrogen-bond donors (Lipinski definition) is 2. The zero-order chi connectivity index (χ0) is 10.8. The van der Waals surface area contributed by atoms with E-state index in [9.17, 15) is 10.0 Å². The molecule has 0 aromatic carbocycles. The summed E-state index contributed by atoms with van der Waals surface area (Å²) in [6.45, 7) is -0.227. The molecule has 5 heteroatoms. The summed E-state index contributed by atoms with van der Waals surface area (Å²) in [6.07, 6.45) is 4.62. The number of hydrogen-bond acceptors (Lipinski definition) is 4.